The fourth-order valence-electron chi connectivity index (χ4n) is 2.64. The molecule has 0 saturated carbocycles. The number of amides is 1. The van der Waals surface area contributed by atoms with E-state index in [1.807, 2.05) is 31.3 Å². The van der Waals surface area contributed by atoms with Crippen LogP contribution >= 0.6 is 0 Å². The fraction of sp³-hybridized carbons (Fsp3) is 0.412. The average molecular weight is 342 g/mol. The maximum absolute atomic E-state index is 11.8. The van der Waals surface area contributed by atoms with Gasteiger partial charge in [-0.2, -0.15) is 0 Å². The summed E-state index contributed by atoms with van der Waals surface area (Å²) in [6.45, 7) is 5.56. The van der Waals surface area contributed by atoms with Crippen LogP contribution in [0.25, 0.3) is 0 Å². The van der Waals surface area contributed by atoms with Crippen molar-refractivity contribution in [2.24, 2.45) is 0 Å². The highest BCUT2D eigenvalue weighted by molar-refractivity contribution is 5.68. The van der Waals surface area contributed by atoms with Gasteiger partial charge in [-0.1, -0.05) is 6.07 Å². The summed E-state index contributed by atoms with van der Waals surface area (Å²) in [5.41, 5.74) is 1.09. The smallest absolute Gasteiger partial charge is 0.409 e. The molecule has 1 amide bonds. The van der Waals surface area contributed by atoms with E-state index in [1.165, 1.54) is 0 Å². The highest BCUT2D eigenvalue weighted by Crippen LogP contribution is 2.17. The second kappa shape index (κ2) is 8.27. The van der Waals surface area contributed by atoms with Gasteiger partial charge < -0.3 is 19.9 Å². The first-order chi connectivity index (χ1) is 12.3. The van der Waals surface area contributed by atoms with Crippen molar-refractivity contribution in [3.63, 3.8) is 0 Å². The zero-order valence-electron chi connectivity index (χ0n) is 14.3. The summed E-state index contributed by atoms with van der Waals surface area (Å²) in [5, 5.41) is 3.28. The highest BCUT2D eigenvalue weighted by Gasteiger charge is 2.22. The molecule has 1 aliphatic heterocycles. The maximum atomic E-state index is 11.8. The van der Waals surface area contributed by atoms with Crippen molar-refractivity contribution in [2.45, 2.75) is 13.5 Å². The SMILES string of the molecule is CCOC(=O)N1CCN(c2cc(NCc3cccnc3)ncn2)CC1. The molecule has 8 nitrogen and oxygen atoms in total. The Morgan fingerprint density at radius 1 is 1.28 bits per heavy atom. The summed E-state index contributed by atoms with van der Waals surface area (Å²) < 4.78 is 5.04. The van der Waals surface area contributed by atoms with E-state index in [0.717, 1.165) is 30.3 Å². The lowest BCUT2D eigenvalue weighted by Crippen LogP contribution is -2.49. The first-order valence-corrected chi connectivity index (χ1v) is 8.37. The molecule has 3 heterocycles. The number of anilines is 2. The first kappa shape index (κ1) is 16.9. The van der Waals surface area contributed by atoms with Gasteiger partial charge in [-0.15, -0.1) is 0 Å². The monoisotopic (exact) mass is 342 g/mol. The van der Waals surface area contributed by atoms with E-state index in [2.05, 4.69) is 25.2 Å². The van der Waals surface area contributed by atoms with E-state index in [-0.39, 0.29) is 6.09 Å². The lowest BCUT2D eigenvalue weighted by Gasteiger charge is -2.34. The van der Waals surface area contributed by atoms with Crippen LogP contribution in [0.1, 0.15) is 12.5 Å². The number of nitrogens with one attached hydrogen (secondary N) is 1. The van der Waals surface area contributed by atoms with E-state index in [0.29, 0.717) is 26.2 Å². The third-order valence-electron chi connectivity index (χ3n) is 3.98. The van der Waals surface area contributed by atoms with Crippen molar-refractivity contribution in [1.82, 2.24) is 19.9 Å². The minimum Gasteiger partial charge on any atom is -0.450 e. The number of rotatable bonds is 5. The number of ether oxygens (including phenoxy) is 1. The molecule has 132 valence electrons. The molecule has 0 spiro atoms. The molecular weight excluding hydrogens is 320 g/mol. The zero-order chi connectivity index (χ0) is 17.5. The molecule has 0 aliphatic carbocycles. The Labute approximate surface area is 146 Å². The predicted molar refractivity (Wildman–Crippen MR) is 94.4 cm³/mol. The van der Waals surface area contributed by atoms with Gasteiger partial charge in [0.15, 0.2) is 0 Å². The van der Waals surface area contributed by atoms with Gasteiger partial charge in [0.25, 0.3) is 0 Å². The van der Waals surface area contributed by atoms with Gasteiger partial charge in [0.1, 0.15) is 18.0 Å². The van der Waals surface area contributed by atoms with Gasteiger partial charge in [-0.3, -0.25) is 4.98 Å². The second-order valence-electron chi connectivity index (χ2n) is 5.65. The van der Waals surface area contributed by atoms with Crippen molar-refractivity contribution >= 4 is 17.7 Å². The molecule has 2 aromatic heterocycles. The minimum absolute atomic E-state index is 0.247. The summed E-state index contributed by atoms with van der Waals surface area (Å²) in [4.78, 5) is 28.3. The molecule has 8 heteroatoms. The number of carbonyl (C=O) groups excluding carboxylic acids is 1. The van der Waals surface area contributed by atoms with Gasteiger partial charge in [0.05, 0.1) is 6.61 Å². The molecule has 0 bridgehead atoms. The van der Waals surface area contributed by atoms with E-state index in [1.54, 1.807) is 17.4 Å². The van der Waals surface area contributed by atoms with Crippen LogP contribution in [-0.2, 0) is 11.3 Å². The van der Waals surface area contributed by atoms with Crippen LogP contribution in [0.5, 0.6) is 0 Å². The normalized spacial score (nSPS) is 14.3. The number of hydrogen-bond donors (Lipinski definition) is 1. The Balaban J connectivity index is 1.56. The van der Waals surface area contributed by atoms with Gasteiger partial charge >= 0.3 is 6.09 Å². The summed E-state index contributed by atoms with van der Waals surface area (Å²) in [6.07, 6.45) is 4.88. The lowest BCUT2D eigenvalue weighted by molar-refractivity contribution is 0.105. The number of aromatic nitrogens is 3. The number of pyridine rings is 1. The van der Waals surface area contributed by atoms with Crippen LogP contribution < -0.4 is 10.2 Å². The van der Waals surface area contributed by atoms with Crippen molar-refractivity contribution < 1.29 is 9.53 Å². The van der Waals surface area contributed by atoms with Gasteiger partial charge in [-0.05, 0) is 18.6 Å². The van der Waals surface area contributed by atoms with Crippen LogP contribution in [0.2, 0.25) is 0 Å². The zero-order valence-corrected chi connectivity index (χ0v) is 14.3. The summed E-state index contributed by atoms with van der Waals surface area (Å²) in [6, 6.07) is 5.85. The van der Waals surface area contributed by atoms with E-state index >= 15 is 0 Å². The second-order valence-corrected chi connectivity index (χ2v) is 5.65. The molecule has 0 unspecified atom stereocenters. The van der Waals surface area contributed by atoms with Crippen LogP contribution in [0.15, 0.2) is 36.9 Å². The molecule has 1 aliphatic rings. The number of hydrogen-bond acceptors (Lipinski definition) is 7. The third-order valence-corrected chi connectivity index (χ3v) is 3.98. The molecule has 3 rings (SSSR count). The van der Waals surface area contributed by atoms with Crippen LogP contribution in [0.4, 0.5) is 16.4 Å². The summed E-state index contributed by atoms with van der Waals surface area (Å²) >= 11 is 0. The van der Waals surface area contributed by atoms with E-state index in [4.69, 9.17) is 4.74 Å². The number of nitrogens with zero attached hydrogens (tertiary/aromatic N) is 5. The Morgan fingerprint density at radius 3 is 2.84 bits per heavy atom. The topological polar surface area (TPSA) is 83.5 Å². The summed E-state index contributed by atoms with van der Waals surface area (Å²) in [7, 11) is 0. The highest BCUT2D eigenvalue weighted by atomic mass is 16.6. The molecule has 25 heavy (non-hydrogen) atoms. The van der Waals surface area contributed by atoms with Gasteiger partial charge in [0, 0.05) is 51.2 Å². The maximum Gasteiger partial charge on any atom is 0.409 e. The van der Waals surface area contributed by atoms with Crippen LogP contribution in [0.3, 0.4) is 0 Å². The Bertz CT molecular complexity index is 689. The van der Waals surface area contributed by atoms with Crippen molar-refractivity contribution in [2.75, 3.05) is 43.0 Å². The molecule has 0 radical (unpaired) electrons. The first-order valence-electron chi connectivity index (χ1n) is 8.37. The number of piperazine rings is 1. The molecule has 1 N–H and O–H groups in total. The van der Waals surface area contributed by atoms with Crippen LogP contribution in [0, 0.1) is 0 Å². The largest absolute Gasteiger partial charge is 0.450 e. The molecular formula is C17H22N6O2. The average Bonchev–Trinajstić information content (AvgIpc) is 2.68. The predicted octanol–water partition coefficient (Wildman–Crippen LogP) is 1.76. The molecule has 0 atom stereocenters. The van der Waals surface area contributed by atoms with Crippen LogP contribution in [-0.4, -0.2) is 58.7 Å². The van der Waals surface area contributed by atoms with Crippen molar-refractivity contribution in [3.8, 4) is 0 Å². The third kappa shape index (κ3) is 4.56. The number of carbonyl (C=O) groups is 1. The molecule has 0 aromatic carbocycles. The lowest BCUT2D eigenvalue weighted by atomic mass is 10.3. The quantitative estimate of drug-likeness (QED) is 0.886. The van der Waals surface area contributed by atoms with Crippen molar-refractivity contribution in [1.29, 1.82) is 0 Å². The molecule has 1 fully saturated rings. The fourth-order valence-corrected chi connectivity index (χ4v) is 2.64. The van der Waals surface area contributed by atoms with Gasteiger partial charge in [-0.25, -0.2) is 14.8 Å². The Morgan fingerprint density at radius 2 is 2.12 bits per heavy atom. The van der Waals surface area contributed by atoms with E-state index < -0.39 is 0 Å². The Kier molecular flexibility index (Phi) is 5.61. The molecule has 1 saturated heterocycles. The van der Waals surface area contributed by atoms with Crippen molar-refractivity contribution in [3.05, 3.63) is 42.5 Å². The Hall–Kier alpha value is -2.90. The molecule has 2 aromatic rings. The summed E-state index contributed by atoms with van der Waals surface area (Å²) in [5.74, 6) is 1.62. The standard InChI is InChI=1S/C17H22N6O2/c1-2-25-17(24)23-8-6-22(7-9-23)16-10-15(20-13-21-16)19-12-14-4-3-5-18-11-14/h3-5,10-11,13H,2,6-9,12H2,1H3,(H,19,20,21). The van der Waals surface area contributed by atoms with E-state index in [9.17, 15) is 4.79 Å². The minimum atomic E-state index is -0.247. The van der Waals surface area contributed by atoms with Gasteiger partial charge in [0.2, 0.25) is 0 Å².